The van der Waals surface area contributed by atoms with Crippen LogP contribution in [0.3, 0.4) is 0 Å². The summed E-state index contributed by atoms with van der Waals surface area (Å²) in [6.07, 6.45) is 0. The highest BCUT2D eigenvalue weighted by molar-refractivity contribution is 6.31. The van der Waals surface area contributed by atoms with E-state index in [0.29, 0.717) is 33.5 Å². The molecule has 1 aromatic heterocycles. The van der Waals surface area contributed by atoms with E-state index in [2.05, 4.69) is 9.97 Å². The van der Waals surface area contributed by atoms with Crippen molar-refractivity contribution in [1.82, 2.24) is 14.9 Å². The van der Waals surface area contributed by atoms with Crippen molar-refractivity contribution in [3.63, 3.8) is 0 Å². The van der Waals surface area contributed by atoms with Crippen LogP contribution in [0.4, 0.5) is 4.39 Å². The molecule has 28 heavy (non-hydrogen) atoms. The molecular formula is C19H20ClFN4O3. The molecule has 0 aliphatic carbocycles. The number of benzene rings is 1. The molecule has 9 heteroatoms. The van der Waals surface area contributed by atoms with Crippen LogP contribution in [0.15, 0.2) is 23.9 Å². The van der Waals surface area contributed by atoms with E-state index < -0.39 is 5.82 Å². The molecule has 0 saturated carbocycles. The SMILES string of the molecule is Cc1nc(C2=C(N)CN(C(=O)c3ccc(F)cc3OCCO)C2)nc(C)c1Cl. The maximum Gasteiger partial charge on any atom is 0.258 e. The van der Waals surface area contributed by atoms with E-state index in [4.69, 9.17) is 27.2 Å². The first-order valence-electron chi connectivity index (χ1n) is 8.63. The number of hydrogen-bond acceptors (Lipinski definition) is 6. The van der Waals surface area contributed by atoms with Gasteiger partial charge in [0.15, 0.2) is 5.82 Å². The molecular weight excluding hydrogens is 387 g/mol. The Morgan fingerprint density at radius 3 is 2.64 bits per heavy atom. The number of ether oxygens (including phenoxy) is 1. The minimum Gasteiger partial charge on any atom is -0.490 e. The van der Waals surface area contributed by atoms with Crippen molar-refractivity contribution in [2.75, 3.05) is 26.3 Å². The molecule has 0 saturated heterocycles. The zero-order chi connectivity index (χ0) is 20.4. The molecule has 1 aliphatic heterocycles. The minimum atomic E-state index is -0.537. The number of nitrogens with zero attached hydrogens (tertiary/aromatic N) is 3. The number of nitrogens with two attached hydrogens (primary N) is 1. The zero-order valence-electron chi connectivity index (χ0n) is 15.5. The maximum absolute atomic E-state index is 13.5. The van der Waals surface area contributed by atoms with Crippen LogP contribution >= 0.6 is 11.6 Å². The summed E-state index contributed by atoms with van der Waals surface area (Å²) in [6, 6.07) is 3.65. The van der Waals surface area contributed by atoms with Crippen LogP contribution in [-0.4, -0.2) is 52.2 Å². The molecule has 3 rings (SSSR count). The first-order chi connectivity index (χ1) is 13.3. The molecule has 0 unspecified atom stereocenters. The van der Waals surface area contributed by atoms with Gasteiger partial charge >= 0.3 is 0 Å². The predicted octanol–water partition coefficient (Wildman–Crippen LogP) is 2.08. The highest BCUT2D eigenvalue weighted by Gasteiger charge is 2.29. The highest BCUT2D eigenvalue weighted by Crippen LogP contribution is 2.28. The molecule has 3 N–H and O–H groups in total. The average molecular weight is 407 g/mol. The van der Waals surface area contributed by atoms with Gasteiger partial charge in [-0.2, -0.15) is 0 Å². The third-order valence-corrected chi connectivity index (χ3v) is 4.91. The lowest BCUT2D eigenvalue weighted by Gasteiger charge is -2.18. The standard InChI is InChI=1S/C19H20ClFN4O3/c1-10-17(20)11(2)24-18(23-10)14-8-25(9-15(14)22)19(27)13-4-3-12(21)7-16(13)28-6-5-26/h3-4,7,26H,5-6,8-9,22H2,1-2H3. The first-order valence-corrected chi connectivity index (χ1v) is 9.00. The highest BCUT2D eigenvalue weighted by atomic mass is 35.5. The molecule has 1 aromatic carbocycles. The van der Waals surface area contributed by atoms with Crippen LogP contribution < -0.4 is 10.5 Å². The van der Waals surface area contributed by atoms with Gasteiger partial charge in [-0.25, -0.2) is 14.4 Å². The molecule has 1 aliphatic rings. The summed E-state index contributed by atoms with van der Waals surface area (Å²) >= 11 is 6.12. The molecule has 7 nitrogen and oxygen atoms in total. The Morgan fingerprint density at radius 1 is 1.32 bits per heavy atom. The second-order valence-electron chi connectivity index (χ2n) is 6.41. The van der Waals surface area contributed by atoms with Crippen LogP contribution in [0.5, 0.6) is 5.75 Å². The van der Waals surface area contributed by atoms with E-state index >= 15 is 0 Å². The van der Waals surface area contributed by atoms with Crippen molar-refractivity contribution in [2.24, 2.45) is 5.73 Å². The number of aliphatic hydroxyl groups excluding tert-OH is 1. The van der Waals surface area contributed by atoms with Gasteiger partial charge < -0.3 is 20.5 Å². The smallest absolute Gasteiger partial charge is 0.258 e. The van der Waals surface area contributed by atoms with Gasteiger partial charge in [0, 0.05) is 17.3 Å². The van der Waals surface area contributed by atoms with Crippen LogP contribution in [0, 0.1) is 19.7 Å². The topological polar surface area (TPSA) is 102 Å². The van der Waals surface area contributed by atoms with Gasteiger partial charge in [0.1, 0.15) is 18.2 Å². The van der Waals surface area contributed by atoms with Gasteiger partial charge in [-0.15, -0.1) is 0 Å². The summed E-state index contributed by atoms with van der Waals surface area (Å²) in [5.74, 6) is -0.401. The second-order valence-corrected chi connectivity index (χ2v) is 6.79. The summed E-state index contributed by atoms with van der Waals surface area (Å²) in [5, 5.41) is 9.43. The third kappa shape index (κ3) is 3.93. The fraction of sp³-hybridized carbons (Fsp3) is 0.316. The van der Waals surface area contributed by atoms with E-state index in [1.807, 2.05) is 0 Å². The maximum atomic E-state index is 13.5. The Kier molecular flexibility index (Phi) is 5.81. The molecule has 2 heterocycles. The van der Waals surface area contributed by atoms with Gasteiger partial charge in [0.25, 0.3) is 5.91 Å². The lowest BCUT2D eigenvalue weighted by molar-refractivity contribution is 0.0793. The van der Waals surface area contributed by atoms with Crippen molar-refractivity contribution in [3.05, 3.63) is 57.5 Å². The molecule has 0 radical (unpaired) electrons. The summed E-state index contributed by atoms with van der Waals surface area (Å²) in [6.45, 7) is 3.65. The van der Waals surface area contributed by atoms with Crippen molar-refractivity contribution >= 4 is 23.1 Å². The van der Waals surface area contributed by atoms with Crippen LogP contribution in [0.2, 0.25) is 5.02 Å². The van der Waals surface area contributed by atoms with Gasteiger partial charge in [0.05, 0.1) is 41.7 Å². The van der Waals surface area contributed by atoms with Crippen molar-refractivity contribution < 1.29 is 19.0 Å². The van der Waals surface area contributed by atoms with Crippen LogP contribution in [-0.2, 0) is 0 Å². The number of aryl methyl sites for hydroxylation is 2. The van der Waals surface area contributed by atoms with Gasteiger partial charge in [-0.05, 0) is 26.0 Å². The Balaban J connectivity index is 1.86. The van der Waals surface area contributed by atoms with E-state index in [0.717, 1.165) is 6.07 Å². The monoisotopic (exact) mass is 406 g/mol. The Hall–Kier alpha value is -2.71. The normalized spacial score (nSPS) is 14.0. The number of amides is 1. The zero-order valence-corrected chi connectivity index (χ0v) is 16.3. The van der Waals surface area contributed by atoms with Crippen molar-refractivity contribution in [1.29, 1.82) is 0 Å². The number of hydrogen-bond donors (Lipinski definition) is 2. The summed E-state index contributed by atoms with van der Waals surface area (Å²) < 4.78 is 18.9. The van der Waals surface area contributed by atoms with Crippen LogP contribution in [0.1, 0.15) is 27.6 Å². The van der Waals surface area contributed by atoms with Gasteiger partial charge in [-0.1, -0.05) is 11.6 Å². The second kappa shape index (κ2) is 8.12. The van der Waals surface area contributed by atoms with Gasteiger partial charge in [-0.3, -0.25) is 4.79 Å². The molecule has 2 aromatic rings. The molecule has 0 atom stereocenters. The summed E-state index contributed by atoms with van der Waals surface area (Å²) in [5.41, 5.74) is 8.73. The summed E-state index contributed by atoms with van der Waals surface area (Å²) in [7, 11) is 0. The third-order valence-electron chi connectivity index (χ3n) is 4.36. The fourth-order valence-electron chi connectivity index (χ4n) is 2.96. The largest absolute Gasteiger partial charge is 0.490 e. The van der Waals surface area contributed by atoms with Crippen molar-refractivity contribution in [2.45, 2.75) is 13.8 Å². The Morgan fingerprint density at radius 2 is 2.00 bits per heavy atom. The fourth-order valence-corrected chi connectivity index (χ4v) is 3.05. The van der Waals surface area contributed by atoms with E-state index in [1.165, 1.54) is 17.0 Å². The predicted molar refractivity (Wildman–Crippen MR) is 103 cm³/mol. The number of aromatic nitrogens is 2. The Bertz CT molecular complexity index is 941. The first kappa shape index (κ1) is 20.0. The number of aliphatic hydroxyl groups is 1. The van der Waals surface area contributed by atoms with E-state index in [1.54, 1.807) is 13.8 Å². The van der Waals surface area contributed by atoms with Crippen molar-refractivity contribution in [3.8, 4) is 5.75 Å². The quantitative estimate of drug-likeness (QED) is 0.788. The summed E-state index contributed by atoms with van der Waals surface area (Å²) in [4.78, 5) is 23.2. The lowest BCUT2D eigenvalue weighted by atomic mass is 10.1. The molecule has 0 spiro atoms. The van der Waals surface area contributed by atoms with Gasteiger partial charge in [0.2, 0.25) is 0 Å². The van der Waals surface area contributed by atoms with E-state index in [9.17, 15) is 9.18 Å². The minimum absolute atomic E-state index is 0.0491. The van der Waals surface area contributed by atoms with Crippen LogP contribution in [0.25, 0.3) is 5.57 Å². The number of halogens is 2. The number of carbonyl (C=O) groups is 1. The molecule has 0 fully saturated rings. The lowest BCUT2D eigenvalue weighted by Crippen LogP contribution is -2.30. The Labute approximate surface area is 166 Å². The van der Waals surface area contributed by atoms with E-state index in [-0.39, 0.29) is 43.5 Å². The number of carbonyl (C=O) groups excluding carboxylic acids is 1. The number of rotatable bonds is 5. The molecule has 148 valence electrons. The molecule has 1 amide bonds. The molecule has 0 bridgehead atoms. The average Bonchev–Trinajstić information content (AvgIpc) is 3.05.